The van der Waals surface area contributed by atoms with Gasteiger partial charge in [-0.3, -0.25) is 0 Å². The molecule has 6 heteroatoms. The first-order valence-electron chi connectivity index (χ1n) is 5.16. The van der Waals surface area contributed by atoms with Gasteiger partial charge in [0.2, 0.25) is 5.89 Å². The van der Waals surface area contributed by atoms with Gasteiger partial charge in [-0.1, -0.05) is 5.10 Å². The molecule has 2 heterocycles. The van der Waals surface area contributed by atoms with E-state index in [4.69, 9.17) is 10.2 Å². The van der Waals surface area contributed by atoms with E-state index in [2.05, 4.69) is 15.5 Å². The Balaban J connectivity index is 1.82. The van der Waals surface area contributed by atoms with Gasteiger partial charge < -0.3 is 15.5 Å². The lowest BCUT2D eigenvalue weighted by Crippen LogP contribution is -2.13. The van der Waals surface area contributed by atoms with E-state index in [1.807, 2.05) is 18.7 Å². The second-order valence-electron chi connectivity index (χ2n) is 3.84. The van der Waals surface area contributed by atoms with E-state index in [-0.39, 0.29) is 6.04 Å². The van der Waals surface area contributed by atoms with Gasteiger partial charge in [-0.25, -0.2) is 0 Å². The van der Waals surface area contributed by atoms with Crippen LogP contribution in [0.1, 0.15) is 25.3 Å². The number of nitrogens with zero attached hydrogens (tertiary/aromatic N) is 2. The molecular weight excluding hydrogens is 212 g/mol. The maximum Gasteiger partial charge on any atom is 0.315 e. The van der Waals surface area contributed by atoms with Gasteiger partial charge in [0.25, 0.3) is 0 Å². The van der Waals surface area contributed by atoms with Crippen molar-refractivity contribution in [1.29, 1.82) is 0 Å². The smallest absolute Gasteiger partial charge is 0.315 e. The van der Waals surface area contributed by atoms with Gasteiger partial charge in [0.15, 0.2) is 0 Å². The normalized spacial score (nSPS) is 22.9. The van der Waals surface area contributed by atoms with Crippen LogP contribution in [0.2, 0.25) is 0 Å². The molecule has 0 aromatic carbocycles. The number of thioether (sulfide) groups is 1. The van der Waals surface area contributed by atoms with Crippen LogP contribution in [0.25, 0.3) is 0 Å². The minimum Gasteiger partial charge on any atom is -0.406 e. The number of nitrogens with two attached hydrogens (primary N) is 1. The van der Waals surface area contributed by atoms with Crippen LogP contribution in [0, 0.1) is 5.92 Å². The fraction of sp³-hybridized carbons (Fsp3) is 0.778. The summed E-state index contributed by atoms with van der Waals surface area (Å²) in [5.74, 6) is 3.70. The second-order valence-corrected chi connectivity index (χ2v) is 4.99. The van der Waals surface area contributed by atoms with E-state index in [1.54, 1.807) is 0 Å². The summed E-state index contributed by atoms with van der Waals surface area (Å²) in [6.07, 6.45) is 1.27. The third-order valence-corrected chi connectivity index (χ3v) is 3.63. The molecule has 0 aliphatic carbocycles. The van der Waals surface area contributed by atoms with Gasteiger partial charge >= 0.3 is 6.01 Å². The molecule has 0 saturated carbocycles. The van der Waals surface area contributed by atoms with Gasteiger partial charge in [0.05, 0.1) is 6.04 Å². The lowest BCUT2D eigenvalue weighted by molar-refractivity contribution is 0.469. The summed E-state index contributed by atoms with van der Waals surface area (Å²) in [4.78, 5) is 0. The number of nitrogens with one attached hydrogen (secondary N) is 1. The number of hydrogen-bond acceptors (Lipinski definition) is 6. The van der Waals surface area contributed by atoms with Crippen LogP contribution in [0.5, 0.6) is 0 Å². The van der Waals surface area contributed by atoms with Crippen molar-refractivity contribution < 1.29 is 4.42 Å². The van der Waals surface area contributed by atoms with Gasteiger partial charge in [-0.15, -0.1) is 5.10 Å². The standard InChI is InChI=1S/C9H16N4OS/c1-6(10)8-12-13-9(14-8)11-4-7-2-3-15-5-7/h6-7H,2-5,10H2,1H3,(H,11,13). The Labute approximate surface area is 93.2 Å². The first-order chi connectivity index (χ1) is 7.25. The molecule has 0 radical (unpaired) electrons. The number of rotatable bonds is 4. The van der Waals surface area contributed by atoms with Crippen molar-refractivity contribution in [3.8, 4) is 0 Å². The van der Waals surface area contributed by atoms with E-state index in [0.29, 0.717) is 11.9 Å². The molecule has 0 bridgehead atoms. The molecule has 0 spiro atoms. The Morgan fingerprint density at radius 2 is 2.53 bits per heavy atom. The van der Waals surface area contributed by atoms with Crippen LogP contribution in [0.4, 0.5) is 6.01 Å². The molecule has 2 atom stereocenters. The van der Waals surface area contributed by atoms with Crippen molar-refractivity contribution in [1.82, 2.24) is 10.2 Å². The lowest BCUT2D eigenvalue weighted by atomic mass is 10.1. The molecule has 1 aromatic heterocycles. The molecule has 2 rings (SSSR count). The number of anilines is 1. The molecule has 84 valence electrons. The van der Waals surface area contributed by atoms with Crippen molar-refractivity contribution in [2.45, 2.75) is 19.4 Å². The largest absolute Gasteiger partial charge is 0.406 e. The van der Waals surface area contributed by atoms with E-state index in [0.717, 1.165) is 12.5 Å². The molecule has 0 amide bonds. The van der Waals surface area contributed by atoms with Gasteiger partial charge in [0.1, 0.15) is 0 Å². The molecular formula is C9H16N4OS. The summed E-state index contributed by atoms with van der Waals surface area (Å²) in [6.45, 7) is 2.73. The minimum atomic E-state index is -0.199. The summed E-state index contributed by atoms with van der Waals surface area (Å²) in [7, 11) is 0. The molecule has 2 unspecified atom stereocenters. The summed E-state index contributed by atoms with van der Waals surface area (Å²) in [6, 6.07) is 0.286. The zero-order valence-corrected chi connectivity index (χ0v) is 9.59. The predicted octanol–water partition coefficient (Wildman–Crippen LogP) is 1.25. The van der Waals surface area contributed by atoms with Gasteiger partial charge in [-0.05, 0) is 30.8 Å². The van der Waals surface area contributed by atoms with E-state index >= 15 is 0 Å². The summed E-state index contributed by atoms with van der Waals surface area (Å²) >= 11 is 2.00. The second kappa shape index (κ2) is 4.85. The minimum absolute atomic E-state index is 0.199. The van der Waals surface area contributed by atoms with Gasteiger partial charge in [-0.2, -0.15) is 11.8 Å². The summed E-state index contributed by atoms with van der Waals surface area (Å²) in [5.41, 5.74) is 5.62. The van der Waals surface area contributed by atoms with Crippen molar-refractivity contribution in [3.63, 3.8) is 0 Å². The molecule has 15 heavy (non-hydrogen) atoms. The Hall–Kier alpha value is -0.750. The Morgan fingerprint density at radius 1 is 1.67 bits per heavy atom. The fourth-order valence-electron chi connectivity index (χ4n) is 1.47. The Bertz CT molecular complexity index is 309. The van der Waals surface area contributed by atoms with Crippen LogP contribution in [-0.4, -0.2) is 28.2 Å². The fourth-order valence-corrected chi connectivity index (χ4v) is 2.75. The quantitative estimate of drug-likeness (QED) is 0.807. The highest BCUT2D eigenvalue weighted by atomic mass is 32.2. The van der Waals surface area contributed by atoms with E-state index in [9.17, 15) is 0 Å². The molecule has 1 aliphatic rings. The van der Waals surface area contributed by atoms with Crippen molar-refractivity contribution in [2.24, 2.45) is 11.7 Å². The molecule has 1 aliphatic heterocycles. The summed E-state index contributed by atoms with van der Waals surface area (Å²) < 4.78 is 5.34. The van der Waals surface area contributed by atoms with Gasteiger partial charge in [0, 0.05) is 6.54 Å². The van der Waals surface area contributed by atoms with Crippen LogP contribution in [-0.2, 0) is 0 Å². The topological polar surface area (TPSA) is 77.0 Å². The third kappa shape index (κ3) is 2.85. The molecule has 1 fully saturated rings. The highest BCUT2D eigenvalue weighted by molar-refractivity contribution is 7.99. The van der Waals surface area contributed by atoms with Crippen LogP contribution in [0.15, 0.2) is 4.42 Å². The maximum absolute atomic E-state index is 5.62. The van der Waals surface area contributed by atoms with Crippen LogP contribution < -0.4 is 11.1 Å². The summed E-state index contributed by atoms with van der Waals surface area (Å²) in [5, 5.41) is 10.9. The third-order valence-electron chi connectivity index (χ3n) is 2.40. The SMILES string of the molecule is CC(N)c1nnc(NCC2CCSC2)o1. The zero-order chi connectivity index (χ0) is 10.7. The average molecular weight is 228 g/mol. The van der Waals surface area contributed by atoms with Crippen molar-refractivity contribution >= 4 is 17.8 Å². The monoisotopic (exact) mass is 228 g/mol. The average Bonchev–Trinajstić information content (AvgIpc) is 2.86. The maximum atomic E-state index is 5.62. The van der Waals surface area contributed by atoms with Crippen LogP contribution >= 0.6 is 11.8 Å². The highest BCUT2D eigenvalue weighted by Gasteiger charge is 2.16. The van der Waals surface area contributed by atoms with Crippen molar-refractivity contribution in [2.75, 3.05) is 23.4 Å². The highest BCUT2D eigenvalue weighted by Crippen LogP contribution is 2.23. The Kier molecular flexibility index (Phi) is 3.48. The lowest BCUT2D eigenvalue weighted by Gasteiger charge is -2.06. The zero-order valence-electron chi connectivity index (χ0n) is 8.77. The van der Waals surface area contributed by atoms with E-state index in [1.165, 1.54) is 17.9 Å². The predicted molar refractivity (Wildman–Crippen MR) is 60.8 cm³/mol. The first kappa shape index (κ1) is 10.8. The van der Waals surface area contributed by atoms with Crippen LogP contribution in [0.3, 0.4) is 0 Å². The molecule has 3 N–H and O–H groups in total. The Morgan fingerprint density at radius 3 is 3.13 bits per heavy atom. The van der Waals surface area contributed by atoms with Crippen molar-refractivity contribution in [3.05, 3.63) is 5.89 Å². The number of hydrogen-bond donors (Lipinski definition) is 2. The first-order valence-corrected chi connectivity index (χ1v) is 6.32. The molecule has 1 saturated heterocycles. The van der Waals surface area contributed by atoms with E-state index < -0.39 is 0 Å². The number of aromatic nitrogens is 2. The molecule has 1 aromatic rings. The molecule has 5 nitrogen and oxygen atoms in total.